The Balaban J connectivity index is 1.79. The van der Waals surface area contributed by atoms with Crippen LogP contribution in [0.5, 0.6) is 5.75 Å². The van der Waals surface area contributed by atoms with Crippen LogP contribution >= 0.6 is 15.9 Å². The number of aryl methyl sites for hydroxylation is 2. The van der Waals surface area contributed by atoms with Gasteiger partial charge in [0.1, 0.15) is 11.1 Å². The Morgan fingerprint density at radius 2 is 2.00 bits per heavy atom. The quantitative estimate of drug-likeness (QED) is 0.819. The molecule has 1 aromatic heterocycles. The second-order valence-corrected chi connectivity index (χ2v) is 6.46. The molecule has 1 aromatic carbocycles. The van der Waals surface area contributed by atoms with Gasteiger partial charge in [-0.3, -0.25) is 14.5 Å². The molecular weight excluding hydrogens is 374 g/mol. The van der Waals surface area contributed by atoms with E-state index in [0.29, 0.717) is 21.9 Å². The van der Waals surface area contributed by atoms with E-state index in [1.807, 2.05) is 32.0 Å². The predicted octanol–water partition coefficient (Wildman–Crippen LogP) is 2.83. The van der Waals surface area contributed by atoms with Gasteiger partial charge in [-0.05, 0) is 65.2 Å². The molecule has 2 heterocycles. The zero-order valence-electron chi connectivity index (χ0n) is 13.3. The van der Waals surface area contributed by atoms with Crippen molar-refractivity contribution in [2.45, 2.75) is 13.8 Å². The molecule has 0 atom stereocenters. The van der Waals surface area contributed by atoms with E-state index in [9.17, 15) is 9.59 Å². The number of nitrogens with one attached hydrogen (secondary N) is 1. The lowest BCUT2D eigenvalue weighted by Gasteiger charge is -2.27. The number of halogens is 1. The van der Waals surface area contributed by atoms with Gasteiger partial charge in [0.05, 0.1) is 0 Å². The summed E-state index contributed by atoms with van der Waals surface area (Å²) in [6.07, 6.45) is 0. The summed E-state index contributed by atoms with van der Waals surface area (Å²) >= 11 is 3.27. The van der Waals surface area contributed by atoms with Crippen LogP contribution in [0, 0.1) is 13.8 Å². The number of hydrogen-bond acceptors (Lipinski definition) is 4. The van der Waals surface area contributed by atoms with E-state index in [2.05, 4.69) is 26.2 Å². The minimum absolute atomic E-state index is 0.104. The third-order valence-corrected chi connectivity index (χ3v) is 3.96. The first-order valence-corrected chi connectivity index (χ1v) is 8.19. The monoisotopic (exact) mass is 389 g/mol. The Bertz CT molecular complexity index is 802. The minimum Gasteiger partial charge on any atom is -0.480 e. The summed E-state index contributed by atoms with van der Waals surface area (Å²) in [5, 5.41) is 2.82. The topological polar surface area (TPSA) is 71.5 Å². The van der Waals surface area contributed by atoms with Crippen molar-refractivity contribution >= 4 is 39.2 Å². The number of pyridine rings is 1. The molecule has 0 unspecified atom stereocenters. The molecule has 0 radical (unpaired) electrons. The Hall–Kier alpha value is -2.41. The molecule has 6 nitrogen and oxygen atoms in total. The Labute approximate surface area is 148 Å². The van der Waals surface area contributed by atoms with Crippen molar-refractivity contribution in [3.05, 3.63) is 46.1 Å². The normalized spacial score (nSPS) is 13.3. The van der Waals surface area contributed by atoms with Gasteiger partial charge in [0.25, 0.3) is 5.91 Å². The molecule has 0 aliphatic carbocycles. The van der Waals surface area contributed by atoms with E-state index in [4.69, 9.17) is 4.74 Å². The van der Waals surface area contributed by atoms with Crippen molar-refractivity contribution in [3.8, 4) is 5.75 Å². The number of ether oxygens (including phenoxy) is 1. The Kier molecular flexibility index (Phi) is 4.53. The number of carbonyl (C=O) groups excluding carboxylic acids is 2. The molecule has 1 N–H and O–H groups in total. The van der Waals surface area contributed by atoms with Gasteiger partial charge < -0.3 is 10.1 Å². The highest BCUT2D eigenvalue weighted by Gasteiger charge is 2.29. The smallest absolute Gasteiger partial charge is 0.266 e. The minimum atomic E-state index is -0.302. The van der Waals surface area contributed by atoms with Crippen LogP contribution in [0.3, 0.4) is 0 Å². The lowest BCUT2D eigenvalue weighted by atomic mass is 10.1. The van der Waals surface area contributed by atoms with E-state index in [-0.39, 0.29) is 25.0 Å². The van der Waals surface area contributed by atoms with E-state index in [1.54, 1.807) is 12.1 Å². The Morgan fingerprint density at radius 1 is 1.29 bits per heavy atom. The molecule has 0 bridgehead atoms. The molecule has 3 rings (SSSR count). The molecule has 0 saturated carbocycles. The SMILES string of the molecule is Cc1cc(C)cc(NC(=O)CN2C(=O)COc3ccc(Br)nc32)c1. The third kappa shape index (κ3) is 3.56. The van der Waals surface area contributed by atoms with Crippen LogP contribution in [0.15, 0.2) is 34.9 Å². The maximum Gasteiger partial charge on any atom is 0.266 e. The molecule has 24 heavy (non-hydrogen) atoms. The van der Waals surface area contributed by atoms with Gasteiger partial charge in [-0.1, -0.05) is 6.07 Å². The van der Waals surface area contributed by atoms with Gasteiger partial charge in [-0.2, -0.15) is 0 Å². The highest BCUT2D eigenvalue weighted by Crippen LogP contribution is 2.31. The van der Waals surface area contributed by atoms with E-state index >= 15 is 0 Å². The standard InChI is InChI=1S/C17H16BrN3O3/c1-10-5-11(2)7-12(6-10)19-15(22)8-21-16(23)9-24-13-3-4-14(18)20-17(13)21/h3-7H,8-9H2,1-2H3,(H,19,22). The maximum absolute atomic E-state index is 12.4. The van der Waals surface area contributed by atoms with E-state index in [1.165, 1.54) is 4.90 Å². The van der Waals surface area contributed by atoms with Gasteiger partial charge in [-0.25, -0.2) is 4.98 Å². The maximum atomic E-state index is 12.4. The van der Waals surface area contributed by atoms with Crippen molar-refractivity contribution in [2.24, 2.45) is 0 Å². The number of nitrogens with zero attached hydrogens (tertiary/aromatic N) is 2. The number of carbonyl (C=O) groups is 2. The van der Waals surface area contributed by atoms with Crippen molar-refractivity contribution < 1.29 is 14.3 Å². The number of anilines is 2. The second kappa shape index (κ2) is 6.60. The molecule has 124 valence electrons. The zero-order valence-corrected chi connectivity index (χ0v) is 14.9. The van der Waals surface area contributed by atoms with Gasteiger partial charge in [-0.15, -0.1) is 0 Å². The van der Waals surface area contributed by atoms with Gasteiger partial charge in [0, 0.05) is 5.69 Å². The fraction of sp³-hybridized carbons (Fsp3) is 0.235. The highest BCUT2D eigenvalue weighted by atomic mass is 79.9. The van der Waals surface area contributed by atoms with Crippen molar-refractivity contribution in [1.82, 2.24) is 4.98 Å². The summed E-state index contributed by atoms with van der Waals surface area (Å²) in [4.78, 5) is 30.1. The van der Waals surface area contributed by atoms with Crippen LogP contribution in [0.1, 0.15) is 11.1 Å². The number of rotatable bonds is 3. The van der Waals surface area contributed by atoms with Crippen molar-refractivity contribution in [1.29, 1.82) is 0 Å². The fourth-order valence-electron chi connectivity index (χ4n) is 2.61. The fourth-order valence-corrected chi connectivity index (χ4v) is 2.91. The molecule has 2 amide bonds. The summed E-state index contributed by atoms with van der Waals surface area (Å²) in [6.45, 7) is 3.70. The summed E-state index contributed by atoms with van der Waals surface area (Å²) in [5.74, 6) is 0.236. The summed E-state index contributed by atoms with van der Waals surface area (Å²) in [6, 6.07) is 9.23. The lowest BCUT2D eigenvalue weighted by Crippen LogP contribution is -2.44. The zero-order chi connectivity index (χ0) is 17.3. The van der Waals surface area contributed by atoms with Crippen LogP contribution in [0.2, 0.25) is 0 Å². The number of aromatic nitrogens is 1. The van der Waals surface area contributed by atoms with Crippen molar-refractivity contribution in [2.75, 3.05) is 23.4 Å². The molecule has 2 aromatic rings. The summed E-state index contributed by atoms with van der Waals surface area (Å²) < 4.78 is 5.91. The molecule has 1 aliphatic rings. The number of fused-ring (bicyclic) bond motifs is 1. The summed E-state index contributed by atoms with van der Waals surface area (Å²) in [7, 11) is 0. The second-order valence-electron chi connectivity index (χ2n) is 5.65. The van der Waals surface area contributed by atoms with Crippen LogP contribution in [0.25, 0.3) is 0 Å². The van der Waals surface area contributed by atoms with Gasteiger partial charge >= 0.3 is 0 Å². The molecule has 0 spiro atoms. The van der Waals surface area contributed by atoms with Gasteiger partial charge in [0.2, 0.25) is 5.91 Å². The van der Waals surface area contributed by atoms with Crippen LogP contribution < -0.4 is 15.0 Å². The predicted molar refractivity (Wildman–Crippen MR) is 94.3 cm³/mol. The van der Waals surface area contributed by atoms with Crippen molar-refractivity contribution in [3.63, 3.8) is 0 Å². The average molecular weight is 390 g/mol. The number of hydrogen-bond donors (Lipinski definition) is 1. The third-order valence-electron chi connectivity index (χ3n) is 3.52. The molecule has 0 fully saturated rings. The first kappa shape index (κ1) is 16.4. The average Bonchev–Trinajstić information content (AvgIpc) is 2.49. The number of benzene rings is 1. The Morgan fingerprint density at radius 3 is 2.71 bits per heavy atom. The van der Waals surface area contributed by atoms with Crippen LogP contribution in [-0.4, -0.2) is 29.9 Å². The first-order valence-electron chi connectivity index (χ1n) is 7.40. The summed E-state index contributed by atoms with van der Waals surface area (Å²) in [5.41, 5.74) is 2.83. The van der Waals surface area contributed by atoms with Crippen LogP contribution in [0.4, 0.5) is 11.5 Å². The highest BCUT2D eigenvalue weighted by molar-refractivity contribution is 9.10. The molecule has 1 aliphatic heterocycles. The largest absolute Gasteiger partial charge is 0.480 e. The first-order chi connectivity index (χ1) is 11.4. The van der Waals surface area contributed by atoms with E-state index in [0.717, 1.165) is 11.1 Å². The van der Waals surface area contributed by atoms with E-state index < -0.39 is 0 Å². The van der Waals surface area contributed by atoms with Gasteiger partial charge in [0.15, 0.2) is 18.2 Å². The lowest BCUT2D eigenvalue weighted by molar-refractivity contribution is -0.123. The molecule has 0 saturated heterocycles. The molecular formula is C17H16BrN3O3. The number of amides is 2. The van der Waals surface area contributed by atoms with Crippen LogP contribution in [-0.2, 0) is 9.59 Å². The molecule has 7 heteroatoms.